The number of carboxylic acid groups (broad SMARTS) is 1. The van der Waals surface area contributed by atoms with Gasteiger partial charge in [0.1, 0.15) is 17.3 Å². The highest BCUT2D eigenvalue weighted by Crippen LogP contribution is 2.64. The van der Waals surface area contributed by atoms with E-state index in [0.717, 1.165) is 36.6 Å². The summed E-state index contributed by atoms with van der Waals surface area (Å²) in [7, 11) is 1.71. The van der Waals surface area contributed by atoms with Crippen molar-refractivity contribution >= 4 is 74.1 Å². The number of hydrogen-bond acceptors (Lipinski definition) is 8. The Morgan fingerprint density at radius 1 is 0.929 bits per heavy atom. The van der Waals surface area contributed by atoms with Crippen molar-refractivity contribution in [1.29, 1.82) is 0 Å². The first-order valence-electron chi connectivity index (χ1n) is 18.4. The van der Waals surface area contributed by atoms with Gasteiger partial charge in [-0.2, -0.15) is 5.10 Å². The lowest BCUT2D eigenvalue weighted by atomic mass is 9.51. The molecule has 2 saturated heterocycles. The number of aromatic hydroxyl groups is 1. The van der Waals surface area contributed by atoms with E-state index in [9.17, 15) is 29.4 Å². The van der Waals surface area contributed by atoms with Crippen molar-refractivity contribution in [3.63, 3.8) is 0 Å². The first kappa shape index (κ1) is 36.1. The number of aromatic carboxylic acids is 1. The standard InChI is InChI=1S/C43H37ClN4O7S/c1-19-13-23(14-20(2)36(19)49)35-26-10-11-27-34(40(52)47(38(27)50)25-8-6-7-22(15-25)41(53)54)29(26)17-30-39(51)48(42(55)43(30,35)4)33-18-31(45-46(33)5)37-21(3)28-16-24(44)9-12-32(28)56-37/h6-10,12-16,18,27,29-30,34-35,49H,11,17H2,1-5H3,(H,53,54)/t27-,29+,30-,34-,35-,43+/m0/s1. The molecule has 56 heavy (non-hydrogen) atoms. The van der Waals surface area contributed by atoms with Crippen molar-refractivity contribution in [3.05, 3.63) is 105 Å². The van der Waals surface area contributed by atoms with Crippen LogP contribution in [0.25, 0.3) is 20.7 Å². The molecule has 6 atom stereocenters. The van der Waals surface area contributed by atoms with Gasteiger partial charge in [-0.25, -0.2) is 9.69 Å². The number of carbonyl (C=O) groups excluding carboxylic acids is 4. The predicted octanol–water partition coefficient (Wildman–Crippen LogP) is 7.72. The zero-order valence-electron chi connectivity index (χ0n) is 31.2. The number of phenolic OH excluding ortho intramolecular Hbond substituents is 1. The highest BCUT2D eigenvalue weighted by molar-refractivity contribution is 7.22. The highest BCUT2D eigenvalue weighted by atomic mass is 35.5. The lowest BCUT2D eigenvalue weighted by Gasteiger charge is -2.49. The van der Waals surface area contributed by atoms with Gasteiger partial charge in [0.25, 0.3) is 0 Å². The molecule has 3 aromatic carbocycles. The fourth-order valence-corrected chi connectivity index (χ4v) is 11.3. The number of aryl methyl sites for hydroxylation is 4. The summed E-state index contributed by atoms with van der Waals surface area (Å²) in [6.45, 7) is 7.39. The number of phenols is 1. The van der Waals surface area contributed by atoms with Gasteiger partial charge in [0, 0.05) is 28.8 Å². The van der Waals surface area contributed by atoms with Gasteiger partial charge in [-0.15, -0.1) is 11.3 Å². The number of rotatable bonds is 5. The molecule has 4 amide bonds. The third-order valence-electron chi connectivity index (χ3n) is 12.7. The number of halogens is 1. The van der Waals surface area contributed by atoms with Gasteiger partial charge in [-0.05, 0) is 110 Å². The van der Waals surface area contributed by atoms with E-state index < -0.39 is 64.6 Å². The van der Waals surface area contributed by atoms with Crippen molar-refractivity contribution < 1.29 is 34.2 Å². The molecule has 2 aromatic heterocycles. The van der Waals surface area contributed by atoms with Gasteiger partial charge >= 0.3 is 5.97 Å². The van der Waals surface area contributed by atoms with Crippen LogP contribution in [0.2, 0.25) is 5.02 Å². The van der Waals surface area contributed by atoms with Crippen molar-refractivity contribution in [1.82, 2.24) is 9.78 Å². The van der Waals surface area contributed by atoms with E-state index in [0.29, 0.717) is 27.7 Å². The molecular weight excluding hydrogens is 752 g/mol. The lowest BCUT2D eigenvalue weighted by molar-refractivity contribution is -0.131. The Bertz CT molecular complexity index is 2640. The summed E-state index contributed by atoms with van der Waals surface area (Å²) < 4.78 is 2.59. The normalized spacial score (nSPS) is 25.8. The topological polar surface area (TPSA) is 150 Å². The van der Waals surface area contributed by atoms with Crippen LogP contribution in [0.5, 0.6) is 5.75 Å². The molecule has 0 unspecified atom stereocenters. The summed E-state index contributed by atoms with van der Waals surface area (Å²) in [5.41, 5.74) is 3.19. The summed E-state index contributed by atoms with van der Waals surface area (Å²) >= 11 is 7.87. The van der Waals surface area contributed by atoms with Crippen LogP contribution in [0.15, 0.2) is 72.3 Å². The number of thiophene rings is 1. The summed E-state index contributed by atoms with van der Waals surface area (Å²) in [5, 5.41) is 26.9. The van der Waals surface area contributed by atoms with Crippen LogP contribution < -0.4 is 9.80 Å². The first-order valence-corrected chi connectivity index (χ1v) is 19.6. The SMILES string of the molecule is Cc1cc([C@H]2C3=CC[C@@H]4C(=O)N(c5cccc(C(=O)O)c5)C(=O)[C@@H]4[C@@H]3C[C@H]3C(=O)N(c4cc(-c5sc6ccc(Cl)cc6c5C)nn4C)C(=O)[C@@]23C)cc(C)c1O. The summed E-state index contributed by atoms with van der Waals surface area (Å²) in [6, 6.07) is 16.9. The smallest absolute Gasteiger partial charge is 0.335 e. The molecule has 3 fully saturated rings. The van der Waals surface area contributed by atoms with Gasteiger partial charge in [0.05, 0.1) is 39.3 Å². The van der Waals surface area contributed by atoms with Crippen molar-refractivity contribution in [2.45, 2.75) is 46.5 Å². The molecule has 1 saturated carbocycles. The second-order valence-electron chi connectivity index (χ2n) is 15.7. The summed E-state index contributed by atoms with van der Waals surface area (Å²) in [6.07, 6.45) is 2.36. The maximum atomic E-state index is 15.2. The largest absolute Gasteiger partial charge is 0.507 e. The number of hydrogen-bond donors (Lipinski definition) is 2. The monoisotopic (exact) mass is 788 g/mol. The molecule has 2 aliphatic carbocycles. The third kappa shape index (κ3) is 4.94. The van der Waals surface area contributed by atoms with E-state index in [-0.39, 0.29) is 29.8 Å². The Morgan fingerprint density at radius 3 is 2.38 bits per heavy atom. The van der Waals surface area contributed by atoms with Gasteiger partial charge in [0.15, 0.2) is 0 Å². The zero-order chi connectivity index (χ0) is 39.7. The highest BCUT2D eigenvalue weighted by Gasteiger charge is 2.68. The molecule has 4 heterocycles. The van der Waals surface area contributed by atoms with Crippen LogP contribution in [0, 0.1) is 49.9 Å². The van der Waals surface area contributed by atoms with Crippen LogP contribution in [-0.2, 0) is 26.2 Å². The van der Waals surface area contributed by atoms with E-state index in [1.165, 1.54) is 23.1 Å². The van der Waals surface area contributed by atoms with E-state index in [1.807, 2.05) is 50.3 Å². The second kappa shape index (κ2) is 12.5. The minimum Gasteiger partial charge on any atom is -0.507 e. The Balaban J connectivity index is 1.16. The zero-order valence-corrected chi connectivity index (χ0v) is 32.7. The van der Waals surface area contributed by atoms with Gasteiger partial charge < -0.3 is 10.2 Å². The summed E-state index contributed by atoms with van der Waals surface area (Å²) in [4.78, 5) is 73.7. The lowest BCUT2D eigenvalue weighted by Crippen LogP contribution is -2.49. The number of amides is 4. The number of anilines is 2. The van der Waals surface area contributed by atoms with Gasteiger partial charge in [-0.1, -0.05) is 41.4 Å². The summed E-state index contributed by atoms with van der Waals surface area (Å²) in [5.74, 6) is -6.05. The molecule has 2 N–H and O–H groups in total. The number of imide groups is 2. The van der Waals surface area contributed by atoms with Crippen molar-refractivity contribution in [2.75, 3.05) is 9.80 Å². The van der Waals surface area contributed by atoms with Crippen LogP contribution in [0.1, 0.15) is 58.3 Å². The molecule has 13 heteroatoms. The number of fused-ring (bicyclic) bond motifs is 5. The van der Waals surface area contributed by atoms with Crippen molar-refractivity contribution in [2.24, 2.45) is 36.1 Å². The van der Waals surface area contributed by atoms with Gasteiger partial charge in [-0.3, -0.25) is 28.8 Å². The molecule has 0 spiro atoms. The van der Waals surface area contributed by atoms with E-state index in [4.69, 9.17) is 16.7 Å². The van der Waals surface area contributed by atoms with Crippen LogP contribution >= 0.6 is 22.9 Å². The van der Waals surface area contributed by atoms with E-state index in [1.54, 1.807) is 49.0 Å². The number of carboxylic acids is 1. The third-order valence-corrected chi connectivity index (χ3v) is 14.2. The molecular formula is C43H37ClN4O7S. The van der Waals surface area contributed by atoms with Crippen LogP contribution in [0.4, 0.5) is 11.5 Å². The van der Waals surface area contributed by atoms with Crippen LogP contribution in [0.3, 0.4) is 0 Å². The molecule has 0 bridgehead atoms. The van der Waals surface area contributed by atoms with Crippen molar-refractivity contribution in [3.8, 4) is 16.3 Å². The molecule has 4 aliphatic rings. The molecule has 0 radical (unpaired) electrons. The van der Waals surface area contributed by atoms with E-state index in [2.05, 4.69) is 0 Å². The molecule has 5 aromatic rings. The second-order valence-corrected chi connectivity index (χ2v) is 17.2. The first-order chi connectivity index (χ1) is 26.6. The maximum absolute atomic E-state index is 15.2. The Labute approximate surface area is 330 Å². The number of nitrogens with zero attached hydrogens (tertiary/aromatic N) is 4. The van der Waals surface area contributed by atoms with E-state index >= 15 is 4.79 Å². The number of aromatic nitrogens is 2. The Hall–Kier alpha value is -5.59. The fourth-order valence-electron chi connectivity index (χ4n) is 10.0. The van der Waals surface area contributed by atoms with Crippen LogP contribution in [-0.4, -0.2) is 49.6 Å². The van der Waals surface area contributed by atoms with Gasteiger partial charge in [0.2, 0.25) is 23.6 Å². The Morgan fingerprint density at radius 2 is 1.66 bits per heavy atom. The number of carbonyl (C=O) groups is 5. The minimum absolute atomic E-state index is 0.0521. The average Bonchev–Trinajstić information content (AvgIpc) is 3.83. The Kier molecular flexibility index (Phi) is 8.02. The minimum atomic E-state index is -1.29. The quantitative estimate of drug-likeness (QED) is 0.136. The predicted molar refractivity (Wildman–Crippen MR) is 212 cm³/mol. The number of benzene rings is 3. The molecule has 9 rings (SSSR count). The molecule has 2 aliphatic heterocycles. The molecule has 11 nitrogen and oxygen atoms in total. The maximum Gasteiger partial charge on any atom is 0.335 e. The average molecular weight is 789 g/mol. The molecule has 284 valence electrons. The number of allylic oxidation sites excluding steroid dienone is 2. The fraction of sp³-hybridized carbons (Fsp3) is 0.302.